The Morgan fingerprint density at radius 2 is 2.00 bits per heavy atom. The van der Waals surface area contributed by atoms with E-state index in [2.05, 4.69) is 5.32 Å². The second-order valence-electron chi connectivity index (χ2n) is 5.62. The number of ether oxygens (including phenoxy) is 2. The van der Waals surface area contributed by atoms with Crippen molar-refractivity contribution in [3.63, 3.8) is 0 Å². The highest BCUT2D eigenvalue weighted by molar-refractivity contribution is 5.79. The summed E-state index contributed by atoms with van der Waals surface area (Å²) < 4.78 is 10.8. The lowest BCUT2D eigenvalue weighted by Gasteiger charge is -2.17. The van der Waals surface area contributed by atoms with Crippen molar-refractivity contribution in [2.45, 2.75) is 38.3 Å². The molecule has 1 fully saturated rings. The van der Waals surface area contributed by atoms with Crippen molar-refractivity contribution >= 4 is 5.91 Å². The number of amides is 1. The molecule has 3 atom stereocenters. The van der Waals surface area contributed by atoms with Gasteiger partial charge in [-0.1, -0.05) is 0 Å². The quantitative estimate of drug-likeness (QED) is 0.837. The van der Waals surface area contributed by atoms with Crippen molar-refractivity contribution in [2.24, 2.45) is 11.7 Å². The SMILES string of the molecule is COc1ccc(OC(C)CNC(=O)C2CCC(N)C2)cc1. The maximum absolute atomic E-state index is 12.0. The lowest BCUT2D eigenvalue weighted by Crippen LogP contribution is -2.37. The topological polar surface area (TPSA) is 73.6 Å². The van der Waals surface area contributed by atoms with Crippen molar-refractivity contribution in [3.05, 3.63) is 24.3 Å². The standard InChI is InChI=1S/C16H24N2O3/c1-11(21-15-7-5-14(20-2)6-8-15)10-18-16(19)12-3-4-13(17)9-12/h5-8,11-13H,3-4,9-10,17H2,1-2H3,(H,18,19). The third-order valence-electron chi connectivity index (χ3n) is 3.80. The largest absolute Gasteiger partial charge is 0.497 e. The molecule has 0 heterocycles. The van der Waals surface area contributed by atoms with E-state index in [-0.39, 0.29) is 24.0 Å². The molecule has 0 bridgehead atoms. The lowest BCUT2D eigenvalue weighted by molar-refractivity contribution is -0.125. The average molecular weight is 292 g/mol. The molecule has 5 nitrogen and oxygen atoms in total. The second kappa shape index (κ2) is 7.31. The van der Waals surface area contributed by atoms with E-state index < -0.39 is 0 Å². The highest BCUT2D eigenvalue weighted by Crippen LogP contribution is 2.24. The summed E-state index contributed by atoms with van der Waals surface area (Å²) in [6.45, 7) is 2.43. The van der Waals surface area contributed by atoms with Gasteiger partial charge in [0.1, 0.15) is 17.6 Å². The van der Waals surface area contributed by atoms with Crippen LogP contribution in [0.15, 0.2) is 24.3 Å². The maximum atomic E-state index is 12.0. The minimum absolute atomic E-state index is 0.0631. The van der Waals surface area contributed by atoms with Crippen LogP contribution in [0.2, 0.25) is 0 Å². The Labute approximate surface area is 125 Å². The van der Waals surface area contributed by atoms with Crippen LogP contribution >= 0.6 is 0 Å². The monoisotopic (exact) mass is 292 g/mol. The Morgan fingerprint density at radius 1 is 1.33 bits per heavy atom. The summed E-state index contributed by atoms with van der Waals surface area (Å²) in [6, 6.07) is 7.58. The Hall–Kier alpha value is -1.75. The molecule has 2 rings (SSSR count). The first-order chi connectivity index (χ1) is 10.1. The molecule has 3 N–H and O–H groups in total. The predicted molar refractivity (Wildman–Crippen MR) is 81.4 cm³/mol. The number of hydrogen-bond donors (Lipinski definition) is 2. The van der Waals surface area contributed by atoms with Crippen LogP contribution in [-0.2, 0) is 4.79 Å². The number of carbonyl (C=O) groups is 1. The molecule has 1 aliphatic carbocycles. The molecule has 1 aromatic rings. The highest BCUT2D eigenvalue weighted by atomic mass is 16.5. The van der Waals surface area contributed by atoms with Gasteiger partial charge in [0.05, 0.1) is 13.7 Å². The fourth-order valence-corrected chi connectivity index (χ4v) is 2.57. The Balaban J connectivity index is 1.73. The maximum Gasteiger partial charge on any atom is 0.223 e. The van der Waals surface area contributed by atoms with Crippen LogP contribution < -0.4 is 20.5 Å². The summed E-state index contributed by atoms with van der Waals surface area (Å²) in [7, 11) is 1.63. The van der Waals surface area contributed by atoms with Crippen LogP contribution in [0.25, 0.3) is 0 Å². The third kappa shape index (κ3) is 4.63. The molecule has 0 saturated heterocycles. The van der Waals surface area contributed by atoms with Crippen molar-refractivity contribution < 1.29 is 14.3 Å². The number of rotatable bonds is 6. The molecule has 3 unspecified atom stereocenters. The van der Waals surface area contributed by atoms with Gasteiger partial charge >= 0.3 is 0 Å². The molecule has 0 spiro atoms. The van der Waals surface area contributed by atoms with Gasteiger partial charge in [-0.05, 0) is 50.5 Å². The Kier molecular flexibility index (Phi) is 5.44. The van der Waals surface area contributed by atoms with Gasteiger partial charge in [0.2, 0.25) is 5.91 Å². The van der Waals surface area contributed by atoms with Gasteiger partial charge in [-0.3, -0.25) is 4.79 Å². The molecule has 1 saturated carbocycles. The van der Waals surface area contributed by atoms with Gasteiger partial charge in [-0.15, -0.1) is 0 Å². The van der Waals surface area contributed by atoms with E-state index in [1.165, 1.54) is 0 Å². The summed E-state index contributed by atoms with van der Waals surface area (Å²) >= 11 is 0. The number of hydrogen-bond acceptors (Lipinski definition) is 4. The molecule has 0 aromatic heterocycles. The van der Waals surface area contributed by atoms with E-state index in [4.69, 9.17) is 15.2 Å². The summed E-state index contributed by atoms with van der Waals surface area (Å²) in [5.41, 5.74) is 5.83. The van der Waals surface area contributed by atoms with Crippen molar-refractivity contribution in [1.29, 1.82) is 0 Å². The molecule has 0 aliphatic heterocycles. The van der Waals surface area contributed by atoms with Crippen molar-refractivity contribution in [3.8, 4) is 11.5 Å². The fourth-order valence-electron chi connectivity index (χ4n) is 2.57. The molecule has 21 heavy (non-hydrogen) atoms. The molecule has 1 amide bonds. The number of nitrogens with two attached hydrogens (primary N) is 1. The number of nitrogens with one attached hydrogen (secondary N) is 1. The molecule has 1 aromatic carbocycles. The highest BCUT2D eigenvalue weighted by Gasteiger charge is 2.27. The first-order valence-electron chi connectivity index (χ1n) is 7.42. The first-order valence-corrected chi connectivity index (χ1v) is 7.42. The Morgan fingerprint density at radius 3 is 2.57 bits per heavy atom. The fraction of sp³-hybridized carbons (Fsp3) is 0.562. The minimum atomic E-state index is -0.0857. The minimum Gasteiger partial charge on any atom is -0.497 e. The van der Waals surface area contributed by atoms with Gasteiger partial charge in [0, 0.05) is 12.0 Å². The van der Waals surface area contributed by atoms with E-state index in [9.17, 15) is 4.79 Å². The van der Waals surface area contributed by atoms with Gasteiger partial charge in [0.25, 0.3) is 0 Å². The van der Waals surface area contributed by atoms with Crippen molar-refractivity contribution in [1.82, 2.24) is 5.32 Å². The van der Waals surface area contributed by atoms with E-state index in [0.717, 1.165) is 30.8 Å². The van der Waals surface area contributed by atoms with Gasteiger partial charge < -0.3 is 20.5 Å². The summed E-state index contributed by atoms with van der Waals surface area (Å²) in [4.78, 5) is 12.0. The molecule has 5 heteroatoms. The zero-order valence-electron chi connectivity index (χ0n) is 12.7. The van der Waals surface area contributed by atoms with E-state index in [1.807, 2.05) is 31.2 Å². The summed E-state index contributed by atoms with van der Waals surface area (Å²) in [5.74, 6) is 1.71. The lowest BCUT2D eigenvalue weighted by atomic mass is 10.1. The van der Waals surface area contributed by atoms with Crippen LogP contribution in [0.5, 0.6) is 11.5 Å². The van der Waals surface area contributed by atoms with Crippen LogP contribution in [0, 0.1) is 5.92 Å². The van der Waals surface area contributed by atoms with E-state index >= 15 is 0 Å². The third-order valence-corrected chi connectivity index (χ3v) is 3.80. The normalized spacial score (nSPS) is 22.6. The van der Waals surface area contributed by atoms with Gasteiger partial charge in [-0.25, -0.2) is 0 Å². The van der Waals surface area contributed by atoms with E-state index in [0.29, 0.717) is 6.54 Å². The van der Waals surface area contributed by atoms with E-state index in [1.54, 1.807) is 7.11 Å². The Bertz CT molecular complexity index is 461. The van der Waals surface area contributed by atoms with Crippen LogP contribution in [-0.4, -0.2) is 31.7 Å². The zero-order chi connectivity index (χ0) is 15.2. The molecular formula is C16H24N2O3. The number of benzene rings is 1. The first kappa shape index (κ1) is 15.6. The predicted octanol–water partition coefficient (Wildman–Crippen LogP) is 1.71. The van der Waals surface area contributed by atoms with Crippen molar-refractivity contribution in [2.75, 3.05) is 13.7 Å². The molecular weight excluding hydrogens is 268 g/mol. The van der Waals surface area contributed by atoms with Gasteiger partial charge in [-0.2, -0.15) is 0 Å². The number of methoxy groups -OCH3 is 1. The second-order valence-corrected chi connectivity index (χ2v) is 5.62. The van der Waals surface area contributed by atoms with Crippen LogP contribution in [0.1, 0.15) is 26.2 Å². The molecule has 1 aliphatic rings. The van der Waals surface area contributed by atoms with Crippen LogP contribution in [0.3, 0.4) is 0 Å². The molecule has 0 radical (unpaired) electrons. The summed E-state index contributed by atoms with van der Waals surface area (Å²) in [6.07, 6.45) is 2.54. The smallest absolute Gasteiger partial charge is 0.223 e. The van der Waals surface area contributed by atoms with Gasteiger partial charge in [0.15, 0.2) is 0 Å². The number of carbonyl (C=O) groups excluding carboxylic acids is 1. The summed E-state index contributed by atoms with van der Waals surface area (Å²) in [5, 5.41) is 2.94. The average Bonchev–Trinajstić information content (AvgIpc) is 2.92. The van der Waals surface area contributed by atoms with Crippen LogP contribution in [0.4, 0.5) is 0 Å². The molecule has 116 valence electrons. The zero-order valence-corrected chi connectivity index (χ0v) is 12.7.